The van der Waals surface area contributed by atoms with E-state index in [0.717, 1.165) is 33.1 Å². The molecule has 0 radical (unpaired) electrons. The summed E-state index contributed by atoms with van der Waals surface area (Å²) in [6.45, 7) is 6.51. The van der Waals surface area contributed by atoms with Gasteiger partial charge in [-0.25, -0.2) is 9.37 Å². The molecule has 7 heteroatoms. The molecule has 0 bridgehead atoms. The third-order valence-electron chi connectivity index (χ3n) is 6.75. The number of benzene rings is 3. The van der Waals surface area contributed by atoms with Crippen LogP contribution < -0.4 is 5.56 Å². The number of hydrogen-bond donors (Lipinski definition) is 0. The highest BCUT2D eigenvalue weighted by molar-refractivity contribution is 9.10. The molecule has 3 aromatic carbocycles. The van der Waals surface area contributed by atoms with Crippen molar-refractivity contribution in [3.63, 3.8) is 0 Å². The lowest BCUT2D eigenvalue weighted by Gasteiger charge is -2.14. The van der Waals surface area contributed by atoms with Crippen molar-refractivity contribution in [3.8, 4) is 0 Å². The molecule has 0 aliphatic rings. The zero-order valence-corrected chi connectivity index (χ0v) is 22.0. The molecular weight excluding hydrogens is 519 g/mol. The van der Waals surface area contributed by atoms with Gasteiger partial charge < -0.3 is 4.57 Å². The van der Waals surface area contributed by atoms with Crippen LogP contribution in [0.2, 0.25) is 0 Å². The van der Waals surface area contributed by atoms with Gasteiger partial charge in [0.25, 0.3) is 5.56 Å². The highest BCUT2D eigenvalue weighted by Crippen LogP contribution is 2.27. The molecule has 0 fully saturated rings. The van der Waals surface area contributed by atoms with E-state index in [1.165, 1.54) is 10.7 Å². The minimum atomic E-state index is -0.233. The van der Waals surface area contributed by atoms with E-state index < -0.39 is 0 Å². The number of fused-ring (bicyclic) bond motifs is 2. The van der Waals surface area contributed by atoms with E-state index in [9.17, 15) is 9.18 Å². The number of para-hydroxylation sites is 1. The molecule has 0 unspecified atom stereocenters. The summed E-state index contributed by atoms with van der Waals surface area (Å²) < 4.78 is 18.8. The van der Waals surface area contributed by atoms with Gasteiger partial charge in [0.15, 0.2) is 0 Å². The van der Waals surface area contributed by atoms with Crippen LogP contribution in [0, 0.1) is 12.7 Å². The summed E-state index contributed by atoms with van der Waals surface area (Å²) in [7, 11) is 0. The molecule has 0 saturated carbocycles. The van der Waals surface area contributed by atoms with Gasteiger partial charge in [0, 0.05) is 38.1 Å². The second kappa shape index (κ2) is 9.82. The molecule has 1 atom stereocenters. The van der Waals surface area contributed by atoms with Crippen LogP contribution in [0.5, 0.6) is 0 Å². The van der Waals surface area contributed by atoms with Gasteiger partial charge in [-0.1, -0.05) is 66.2 Å². The minimum absolute atomic E-state index is 0.0476. The maximum atomic E-state index is 14.4. The van der Waals surface area contributed by atoms with Crippen LogP contribution in [0.4, 0.5) is 4.39 Å². The molecule has 182 valence electrons. The molecule has 5 rings (SSSR count). The van der Waals surface area contributed by atoms with Crippen molar-refractivity contribution in [2.75, 3.05) is 0 Å². The highest BCUT2D eigenvalue weighted by atomic mass is 79.9. The van der Waals surface area contributed by atoms with Crippen molar-refractivity contribution in [3.05, 3.63) is 110 Å². The Hall–Kier alpha value is -3.58. The maximum absolute atomic E-state index is 14.4. The zero-order valence-electron chi connectivity index (χ0n) is 20.4. The smallest absolute Gasteiger partial charge is 0.282 e. The fraction of sp³-hybridized carbons (Fsp3) is 0.207. The largest absolute Gasteiger partial charge is 0.340 e. The van der Waals surface area contributed by atoms with E-state index in [2.05, 4.69) is 32.5 Å². The normalized spacial score (nSPS) is 12.7. The number of hydrogen-bond acceptors (Lipinski definition) is 3. The Morgan fingerprint density at radius 3 is 2.61 bits per heavy atom. The van der Waals surface area contributed by atoms with Gasteiger partial charge in [0.2, 0.25) is 0 Å². The lowest BCUT2D eigenvalue weighted by Crippen LogP contribution is -2.23. The van der Waals surface area contributed by atoms with E-state index in [1.807, 2.05) is 56.3 Å². The Morgan fingerprint density at radius 2 is 1.83 bits per heavy atom. The van der Waals surface area contributed by atoms with Crippen LogP contribution in [0.25, 0.3) is 21.8 Å². The van der Waals surface area contributed by atoms with Crippen LogP contribution in [-0.2, 0) is 6.54 Å². The first-order valence-corrected chi connectivity index (χ1v) is 12.8. The Balaban J connectivity index is 1.68. The molecule has 0 N–H and O–H groups in total. The summed E-state index contributed by atoms with van der Waals surface area (Å²) in [5, 5.41) is 6.18. The van der Waals surface area contributed by atoms with Gasteiger partial charge >= 0.3 is 0 Å². The first-order chi connectivity index (χ1) is 17.4. The van der Waals surface area contributed by atoms with Crippen LogP contribution in [0.1, 0.15) is 48.8 Å². The summed E-state index contributed by atoms with van der Waals surface area (Å²) in [5.41, 5.74) is 3.87. The fourth-order valence-electron chi connectivity index (χ4n) is 4.52. The molecule has 0 aliphatic carbocycles. The number of halogens is 2. The predicted octanol–water partition coefficient (Wildman–Crippen LogP) is 7.01. The summed E-state index contributed by atoms with van der Waals surface area (Å²) >= 11 is 3.46. The van der Waals surface area contributed by atoms with Gasteiger partial charge in [0.1, 0.15) is 11.6 Å². The van der Waals surface area contributed by atoms with Crippen LogP contribution in [-0.4, -0.2) is 20.4 Å². The Kier molecular flexibility index (Phi) is 6.58. The average Bonchev–Trinajstić information content (AvgIpc) is 3.15. The molecule has 0 aliphatic heterocycles. The summed E-state index contributed by atoms with van der Waals surface area (Å²) in [5.74, 6) is 0.441. The lowest BCUT2D eigenvalue weighted by atomic mass is 10.1. The number of nitrogens with zero attached hydrogens (tertiary/aromatic N) is 4. The highest BCUT2D eigenvalue weighted by Gasteiger charge is 2.17. The van der Waals surface area contributed by atoms with E-state index in [0.29, 0.717) is 28.8 Å². The van der Waals surface area contributed by atoms with E-state index in [1.54, 1.807) is 24.4 Å². The van der Waals surface area contributed by atoms with Crippen LogP contribution in [0.15, 0.2) is 81.1 Å². The van der Waals surface area contributed by atoms with Crippen molar-refractivity contribution in [2.24, 2.45) is 5.10 Å². The van der Waals surface area contributed by atoms with Gasteiger partial charge in [0.05, 0.1) is 23.7 Å². The van der Waals surface area contributed by atoms with Crippen molar-refractivity contribution in [2.45, 2.75) is 39.7 Å². The quantitative estimate of drug-likeness (QED) is 0.216. The third kappa shape index (κ3) is 4.28. The van der Waals surface area contributed by atoms with Gasteiger partial charge in [-0.2, -0.15) is 9.78 Å². The molecule has 0 amide bonds. The molecule has 5 nitrogen and oxygen atoms in total. The molecule has 0 spiro atoms. The molecule has 2 aromatic heterocycles. The van der Waals surface area contributed by atoms with E-state index in [4.69, 9.17) is 4.98 Å². The SMILES string of the molecule is CC[C@@H](C)c1nc2ccc(Br)cc2c(=O)n1N=Cc1c(C)n(Cc2ccccc2F)c2ccccc12. The zero-order chi connectivity index (χ0) is 25.4. The standard InChI is InChI=1S/C29H26BrFN4O/c1-4-18(2)28-33-26-14-13-21(30)15-23(26)29(36)35(28)32-16-24-19(3)34(27-12-8-6-10-22(24)27)17-20-9-5-7-11-25(20)31/h5-16,18H,4,17H2,1-3H3/t18-/m1/s1. The molecule has 2 heterocycles. The topological polar surface area (TPSA) is 52.2 Å². The second-order valence-electron chi connectivity index (χ2n) is 9.00. The van der Waals surface area contributed by atoms with Gasteiger partial charge in [-0.15, -0.1) is 0 Å². The van der Waals surface area contributed by atoms with Crippen molar-refractivity contribution >= 4 is 44.0 Å². The van der Waals surface area contributed by atoms with E-state index in [-0.39, 0.29) is 17.3 Å². The molecule has 5 aromatic rings. The fourth-order valence-corrected chi connectivity index (χ4v) is 4.88. The monoisotopic (exact) mass is 544 g/mol. The molecule has 36 heavy (non-hydrogen) atoms. The van der Waals surface area contributed by atoms with Crippen molar-refractivity contribution in [1.82, 2.24) is 14.2 Å². The summed E-state index contributed by atoms with van der Waals surface area (Å²) in [4.78, 5) is 18.3. The minimum Gasteiger partial charge on any atom is -0.340 e. The average molecular weight is 545 g/mol. The second-order valence-corrected chi connectivity index (χ2v) is 9.91. The molecule has 0 saturated heterocycles. The Morgan fingerprint density at radius 1 is 1.08 bits per heavy atom. The third-order valence-corrected chi connectivity index (χ3v) is 7.25. The lowest BCUT2D eigenvalue weighted by molar-refractivity contribution is 0.600. The van der Waals surface area contributed by atoms with Crippen LogP contribution in [0.3, 0.4) is 0 Å². The Labute approximate surface area is 217 Å². The van der Waals surface area contributed by atoms with Gasteiger partial charge in [-0.05, 0) is 43.7 Å². The summed E-state index contributed by atoms with van der Waals surface area (Å²) in [6, 6.07) is 20.3. The van der Waals surface area contributed by atoms with Crippen LogP contribution >= 0.6 is 15.9 Å². The van der Waals surface area contributed by atoms with Crippen molar-refractivity contribution in [1.29, 1.82) is 0 Å². The number of rotatable bonds is 6. The first-order valence-electron chi connectivity index (χ1n) is 12.0. The number of aromatic nitrogens is 3. The van der Waals surface area contributed by atoms with Gasteiger partial charge in [-0.3, -0.25) is 4.79 Å². The van der Waals surface area contributed by atoms with Crippen molar-refractivity contribution < 1.29 is 4.39 Å². The maximum Gasteiger partial charge on any atom is 0.282 e. The summed E-state index contributed by atoms with van der Waals surface area (Å²) in [6.07, 6.45) is 2.55. The van der Waals surface area contributed by atoms with E-state index >= 15 is 0 Å². The molecular formula is C29H26BrFN4O. The predicted molar refractivity (Wildman–Crippen MR) is 148 cm³/mol. The first kappa shape index (κ1) is 24.1. The Bertz CT molecular complexity index is 1680.